The number of fused-ring (bicyclic) bond motifs is 1. The average Bonchev–Trinajstić information content (AvgIpc) is 2.96. The number of sulfone groups is 1. The van der Waals surface area contributed by atoms with E-state index in [9.17, 15) is 17.6 Å². The van der Waals surface area contributed by atoms with Crippen molar-refractivity contribution < 1.29 is 22.3 Å². The van der Waals surface area contributed by atoms with Crippen LogP contribution in [0.3, 0.4) is 0 Å². The number of carbonyl (C=O) groups excluding carboxylic acids is 1. The first-order chi connectivity index (χ1) is 15.1. The van der Waals surface area contributed by atoms with Gasteiger partial charge in [-0.05, 0) is 55.0 Å². The third-order valence-corrected chi connectivity index (χ3v) is 6.40. The summed E-state index contributed by atoms with van der Waals surface area (Å²) in [5, 5.41) is 7.95. The maximum absolute atomic E-state index is 14.7. The Morgan fingerprint density at radius 3 is 2.62 bits per heavy atom. The predicted molar refractivity (Wildman–Crippen MR) is 116 cm³/mol. The van der Waals surface area contributed by atoms with Crippen LogP contribution in [0.1, 0.15) is 21.5 Å². The van der Waals surface area contributed by atoms with Crippen molar-refractivity contribution in [2.75, 3.05) is 25.1 Å². The summed E-state index contributed by atoms with van der Waals surface area (Å²) in [6, 6.07) is 11.4. The molecule has 1 aliphatic rings. The van der Waals surface area contributed by atoms with Gasteiger partial charge in [0.1, 0.15) is 28.9 Å². The number of rotatable bonds is 3. The van der Waals surface area contributed by atoms with Gasteiger partial charge in [0.25, 0.3) is 5.91 Å². The number of hydrogen-bond acceptors (Lipinski definition) is 7. The molecule has 0 spiro atoms. The highest BCUT2D eigenvalue weighted by atomic mass is 32.2. The Balaban J connectivity index is 1.66. The van der Waals surface area contributed by atoms with E-state index in [4.69, 9.17) is 10.5 Å². The number of nitrogen functional groups attached to an aromatic ring is 1. The Kier molecular flexibility index (Phi) is 5.55. The van der Waals surface area contributed by atoms with E-state index in [1.54, 1.807) is 17.0 Å². The van der Waals surface area contributed by atoms with Gasteiger partial charge in [0.05, 0.1) is 12.2 Å². The minimum absolute atomic E-state index is 0.00536. The summed E-state index contributed by atoms with van der Waals surface area (Å²) in [4.78, 5) is 14.3. The average molecular weight is 456 g/mol. The van der Waals surface area contributed by atoms with Gasteiger partial charge in [-0.2, -0.15) is 0 Å². The largest absolute Gasteiger partial charge is 0.491 e. The molecule has 32 heavy (non-hydrogen) atoms. The maximum Gasteiger partial charge on any atom is 0.254 e. The van der Waals surface area contributed by atoms with E-state index in [0.29, 0.717) is 23.8 Å². The lowest BCUT2D eigenvalue weighted by Gasteiger charge is -2.21. The third kappa shape index (κ3) is 4.13. The molecule has 8 nitrogen and oxygen atoms in total. The van der Waals surface area contributed by atoms with Gasteiger partial charge in [-0.3, -0.25) is 4.79 Å². The van der Waals surface area contributed by atoms with Crippen LogP contribution in [0, 0.1) is 12.7 Å². The zero-order chi connectivity index (χ0) is 23.0. The first kappa shape index (κ1) is 21.7. The molecular formula is C22H21FN4O4S. The molecule has 10 heteroatoms. The number of hydrogen-bond donors (Lipinski definition) is 1. The fraction of sp³-hybridized carbons (Fsp3) is 0.227. The fourth-order valence-corrected chi connectivity index (χ4v) is 4.37. The fourth-order valence-electron chi connectivity index (χ4n) is 3.57. The Morgan fingerprint density at radius 1 is 1.16 bits per heavy atom. The zero-order valence-corrected chi connectivity index (χ0v) is 18.3. The van der Waals surface area contributed by atoms with Crippen molar-refractivity contribution in [3.63, 3.8) is 0 Å². The zero-order valence-electron chi connectivity index (χ0n) is 17.5. The first-order valence-corrected chi connectivity index (χ1v) is 11.7. The number of halogens is 1. The van der Waals surface area contributed by atoms with E-state index in [1.807, 2.05) is 18.2 Å². The molecule has 3 aromatic rings. The van der Waals surface area contributed by atoms with Gasteiger partial charge >= 0.3 is 0 Å². The number of benzene rings is 2. The van der Waals surface area contributed by atoms with Crippen LogP contribution in [-0.4, -0.2) is 48.8 Å². The highest BCUT2D eigenvalue weighted by molar-refractivity contribution is 7.90. The molecule has 0 saturated heterocycles. The van der Waals surface area contributed by atoms with E-state index >= 15 is 0 Å². The Morgan fingerprint density at radius 2 is 1.94 bits per heavy atom. The topological polar surface area (TPSA) is 115 Å². The second kappa shape index (κ2) is 8.19. The second-order valence-electron chi connectivity index (χ2n) is 7.56. The SMILES string of the molecule is Cc1c(C(=O)N2CCOc3ccc(-c4ccc(N)nn4)cc3C2)ccc(S(C)(=O)=O)c1F. The summed E-state index contributed by atoms with van der Waals surface area (Å²) in [5.74, 6) is -0.361. The number of aromatic nitrogens is 2. The summed E-state index contributed by atoms with van der Waals surface area (Å²) in [5.41, 5.74) is 7.88. The van der Waals surface area contributed by atoms with Gasteiger partial charge in [-0.1, -0.05) is 0 Å². The minimum atomic E-state index is -3.74. The maximum atomic E-state index is 14.7. The lowest BCUT2D eigenvalue weighted by atomic mass is 10.0. The number of nitrogens with two attached hydrogens (primary N) is 1. The molecule has 166 valence electrons. The van der Waals surface area contributed by atoms with Crippen LogP contribution >= 0.6 is 0 Å². The van der Waals surface area contributed by atoms with Crippen LogP contribution in [0.5, 0.6) is 5.75 Å². The number of nitrogens with zero attached hydrogens (tertiary/aromatic N) is 3. The van der Waals surface area contributed by atoms with Gasteiger partial charge in [-0.25, -0.2) is 12.8 Å². The molecule has 0 saturated carbocycles. The van der Waals surface area contributed by atoms with Gasteiger partial charge in [-0.15, -0.1) is 10.2 Å². The molecule has 2 N–H and O–H groups in total. The van der Waals surface area contributed by atoms with Crippen LogP contribution in [0.4, 0.5) is 10.2 Å². The van der Waals surface area contributed by atoms with Crippen LogP contribution in [0.25, 0.3) is 11.3 Å². The van der Waals surface area contributed by atoms with Crippen molar-refractivity contribution in [2.45, 2.75) is 18.4 Å². The standard InChI is InChI=1S/C22H21FN4O4S/c1-13-16(4-7-19(21(13)23)32(2,29)30)22(28)27-9-10-31-18-6-3-14(11-15(18)12-27)17-5-8-20(24)26-25-17/h3-8,11H,9-10,12H2,1-2H3,(H2,24,26). The van der Waals surface area contributed by atoms with Crippen molar-refractivity contribution in [2.24, 2.45) is 0 Å². The molecule has 0 atom stereocenters. The monoisotopic (exact) mass is 456 g/mol. The van der Waals surface area contributed by atoms with Crippen LogP contribution < -0.4 is 10.5 Å². The third-order valence-electron chi connectivity index (χ3n) is 5.29. The molecule has 1 amide bonds. The lowest BCUT2D eigenvalue weighted by Crippen LogP contribution is -2.33. The van der Waals surface area contributed by atoms with Crippen molar-refractivity contribution >= 4 is 21.6 Å². The summed E-state index contributed by atoms with van der Waals surface area (Å²) >= 11 is 0. The highest BCUT2D eigenvalue weighted by Crippen LogP contribution is 2.30. The van der Waals surface area contributed by atoms with Gasteiger partial charge < -0.3 is 15.4 Å². The van der Waals surface area contributed by atoms with E-state index in [0.717, 1.165) is 23.4 Å². The van der Waals surface area contributed by atoms with Crippen molar-refractivity contribution in [1.82, 2.24) is 15.1 Å². The Labute approximate surface area is 184 Å². The molecule has 0 bridgehead atoms. The molecular weight excluding hydrogens is 435 g/mol. The molecule has 4 rings (SSSR count). The number of amides is 1. The normalized spacial score (nSPS) is 13.8. The van der Waals surface area contributed by atoms with Gasteiger partial charge in [0.15, 0.2) is 9.84 Å². The summed E-state index contributed by atoms with van der Waals surface area (Å²) in [6.45, 7) is 2.19. The van der Waals surface area contributed by atoms with Crippen molar-refractivity contribution in [1.29, 1.82) is 0 Å². The molecule has 1 aromatic heterocycles. The smallest absolute Gasteiger partial charge is 0.254 e. The van der Waals surface area contributed by atoms with E-state index in [1.165, 1.54) is 13.0 Å². The highest BCUT2D eigenvalue weighted by Gasteiger charge is 2.26. The molecule has 1 aliphatic heterocycles. The van der Waals surface area contributed by atoms with Crippen LogP contribution in [0.15, 0.2) is 47.4 Å². The summed E-state index contributed by atoms with van der Waals surface area (Å²) < 4.78 is 44.0. The quantitative estimate of drug-likeness (QED) is 0.644. The number of ether oxygens (including phenoxy) is 1. The molecule has 0 aliphatic carbocycles. The Bertz CT molecular complexity index is 1310. The molecule has 0 fully saturated rings. The second-order valence-corrected chi connectivity index (χ2v) is 9.55. The first-order valence-electron chi connectivity index (χ1n) is 9.79. The van der Waals surface area contributed by atoms with Crippen LogP contribution in [0.2, 0.25) is 0 Å². The van der Waals surface area contributed by atoms with Crippen molar-refractivity contribution in [3.05, 3.63) is 65.0 Å². The van der Waals surface area contributed by atoms with Gasteiger partial charge in [0.2, 0.25) is 0 Å². The molecule has 0 radical (unpaired) electrons. The molecule has 2 heterocycles. The number of carbonyl (C=O) groups is 1. The predicted octanol–water partition coefficient (Wildman–Crippen LogP) is 2.61. The van der Waals surface area contributed by atoms with E-state index in [2.05, 4.69) is 10.2 Å². The number of anilines is 1. The van der Waals surface area contributed by atoms with E-state index < -0.39 is 26.5 Å². The summed E-state index contributed by atoms with van der Waals surface area (Å²) in [6.07, 6.45) is 0.929. The summed E-state index contributed by atoms with van der Waals surface area (Å²) in [7, 11) is -3.74. The minimum Gasteiger partial charge on any atom is -0.491 e. The van der Waals surface area contributed by atoms with E-state index in [-0.39, 0.29) is 24.3 Å². The Hall–Kier alpha value is -3.53. The lowest BCUT2D eigenvalue weighted by molar-refractivity contribution is 0.0731. The van der Waals surface area contributed by atoms with Crippen molar-refractivity contribution in [3.8, 4) is 17.0 Å². The molecule has 0 unspecified atom stereocenters. The van der Waals surface area contributed by atoms with Gasteiger partial charge in [0, 0.05) is 29.5 Å². The van der Waals surface area contributed by atoms with Crippen LogP contribution in [-0.2, 0) is 16.4 Å². The molecule has 2 aromatic carbocycles.